The molecule has 31 heavy (non-hydrogen) atoms. The van der Waals surface area contributed by atoms with E-state index in [1.807, 2.05) is 23.9 Å². The van der Waals surface area contributed by atoms with Crippen LogP contribution in [-0.4, -0.2) is 47.5 Å². The smallest absolute Gasteiger partial charge is 0.191 e. The van der Waals surface area contributed by atoms with Crippen LogP contribution in [0.15, 0.2) is 29.3 Å². The minimum absolute atomic E-state index is 0.126. The second-order valence-corrected chi connectivity index (χ2v) is 9.15. The minimum atomic E-state index is 0.126. The third-order valence-electron chi connectivity index (χ3n) is 6.60. The fourth-order valence-electron chi connectivity index (χ4n) is 4.91. The molecule has 2 N–H and O–H groups in total. The molecular weight excluding hydrogens is 412 g/mol. The van der Waals surface area contributed by atoms with Crippen LogP contribution < -0.4 is 10.6 Å². The quantitative estimate of drug-likeness (QED) is 0.527. The fraction of sp³-hybridized carbons (Fsp3) is 0.609. The van der Waals surface area contributed by atoms with Crippen LogP contribution in [0.2, 0.25) is 5.02 Å². The lowest BCUT2D eigenvalue weighted by atomic mass is 9.69. The summed E-state index contributed by atoms with van der Waals surface area (Å²) in [7, 11) is 3.51. The highest BCUT2D eigenvalue weighted by Crippen LogP contribution is 2.39. The Morgan fingerprint density at radius 2 is 2.03 bits per heavy atom. The second kappa shape index (κ2) is 10.0. The number of aromatic nitrogens is 3. The van der Waals surface area contributed by atoms with E-state index < -0.39 is 0 Å². The minimum Gasteiger partial charge on any atom is -0.377 e. The van der Waals surface area contributed by atoms with Crippen LogP contribution in [0.3, 0.4) is 0 Å². The van der Waals surface area contributed by atoms with Gasteiger partial charge in [-0.05, 0) is 37.0 Å². The topological polar surface area (TPSA) is 76.4 Å². The summed E-state index contributed by atoms with van der Waals surface area (Å²) >= 11 is 6.15. The first-order valence-corrected chi connectivity index (χ1v) is 11.6. The summed E-state index contributed by atoms with van der Waals surface area (Å²) in [6.45, 7) is 2.11. The average Bonchev–Trinajstić information content (AvgIpc) is 3.19. The highest BCUT2D eigenvalue weighted by atomic mass is 35.5. The van der Waals surface area contributed by atoms with Crippen LogP contribution in [0.25, 0.3) is 0 Å². The van der Waals surface area contributed by atoms with Crippen molar-refractivity contribution in [3.05, 3.63) is 46.5 Å². The van der Waals surface area contributed by atoms with E-state index in [0.717, 1.165) is 48.6 Å². The molecule has 1 aromatic carbocycles. The van der Waals surface area contributed by atoms with E-state index >= 15 is 0 Å². The number of aliphatic imine (C=N–C) groups is 1. The molecule has 2 aromatic rings. The van der Waals surface area contributed by atoms with E-state index in [1.165, 1.54) is 37.7 Å². The van der Waals surface area contributed by atoms with Gasteiger partial charge in [-0.2, -0.15) is 5.10 Å². The highest BCUT2D eigenvalue weighted by molar-refractivity contribution is 6.30. The lowest BCUT2D eigenvalue weighted by Crippen LogP contribution is -2.51. The van der Waals surface area contributed by atoms with Crippen molar-refractivity contribution < 1.29 is 4.74 Å². The van der Waals surface area contributed by atoms with E-state index in [1.54, 1.807) is 7.11 Å². The van der Waals surface area contributed by atoms with Crippen LogP contribution in [0, 0.1) is 0 Å². The molecule has 1 saturated carbocycles. The Hall–Kier alpha value is -2.12. The van der Waals surface area contributed by atoms with Crippen molar-refractivity contribution in [1.29, 1.82) is 0 Å². The number of guanidine groups is 1. The van der Waals surface area contributed by atoms with Crippen LogP contribution in [0.1, 0.15) is 55.7 Å². The van der Waals surface area contributed by atoms with Crippen molar-refractivity contribution in [3.63, 3.8) is 0 Å². The van der Waals surface area contributed by atoms with Gasteiger partial charge in [0.25, 0.3) is 0 Å². The lowest BCUT2D eigenvalue weighted by molar-refractivity contribution is 0.177. The number of ether oxygens (including phenoxy) is 1. The molecule has 0 saturated heterocycles. The first-order valence-electron chi connectivity index (χ1n) is 11.3. The van der Waals surface area contributed by atoms with Crippen molar-refractivity contribution in [2.45, 2.75) is 69.6 Å². The SMILES string of the molecule is CN=C(NCC1(c2ccc(Cl)cc2)CCCCC1)NC1CCc2nc(COC)nn2C1. The third-order valence-corrected chi connectivity index (χ3v) is 6.85. The van der Waals surface area contributed by atoms with Crippen molar-refractivity contribution in [1.82, 2.24) is 25.4 Å². The van der Waals surface area contributed by atoms with Gasteiger partial charge in [0, 0.05) is 43.6 Å². The van der Waals surface area contributed by atoms with Gasteiger partial charge in [0.05, 0.1) is 6.54 Å². The number of methoxy groups -OCH3 is 1. The summed E-state index contributed by atoms with van der Waals surface area (Å²) in [6.07, 6.45) is 8.12. The maximum atomic E-state index is 6.15. The van der Waals surface area contributed by atoms with Gasteiger partial charge in [0.2, 0.25) is 0 Å². The zero-order valence-electron chi connectivity index (χ0n) is 18.5. The molecule has 1 fully saturated rings. The Morgan fingerprint density at radius 1 is 1.26 bits per heavy atom. The summed E-state index contributed by atoms with van der Waals surface area (Å²) in [4.78, 5) is 9.07. The number of halogens is 1. The van der Waals surface area contributed by atoms with Crippen molar-refractivity contribution in [2.75, 3.05) is 20.7 Å². The molecule has 1 aliphatic carbocycles. The molecule has 8 heteroatoms. The lowest BCUT2D eigenvalue weighted by Gasteiger charge is -2.39. The number of fused-ring (bicyclic) bond motifs is 1. The second-order valence-electron chi connectivity index (χ2n) is 8.71. The van der Waals surface area contributed by atoms with Gasteiger partial charge in [-0.25, -0.2) is 9.67 Å². The average molecular weight is 445 g/mol. The van der Waals surface area contributed by atoms with E-state index in [4.69, 9.17) is 16.3 Å². The molecule has 0 amide bonds. The van der Waals surface area contributed by atoms with Gasteiger partial charge in [0.1, 0.15) is 12.4 Å². The molecule has 1 aromatic heterocycles. The molecule has 0 bridgehead atoms. The van der Waals surface area contributed by atoms with Gasteiger partial charge in [0.15, 0.2) is 11.8 Å². The number of benzene rings is 1. The van der Waals surface area contributed by atoms with Crippen LogP contribution in [0.4, 0.5) is 0 Å². The van der Waals surface area contributed by atoms with E-state index in [0.29, 0.717) is 6.61 Å². The van der Waals surface area contributed by atoms with E-state index in [-0.39, 0.29) is 11.5 Å². The Morgan fingerprint density at radius 3 is 2.74 bits per heavy atom. The molecule has 1 unspecified atom stereocenters. The Labute approximate surface area is 189 Å². The molecule has 0 spiro atoms. The van der Waals surface area contributed by atoms with Gasteiger partial charge in [-0.15, -0.1) is 0 Å². The molecule has 7 nitrogen and oxygen atoms in total. The highest BCUT2D eigenvalue weighted by Gasteiger charge is 2.34. The molecule has 0 radical (unpaired) electrons. The number of hydrogen-bond acceptors (Lipinski definition) is 4. The Balaban J connectivity index is 1.39. The largest absolute Gasteiger partial charge is 0.377 e. The van der Waals surface area contributed by atoms with Crippen LogP contribution in [-0.2, 0) is 29.7 Å². The Bertz CT molecular complexity index is 888. The van der Waals surface area contributed by atoms with Gasteiger partial charge in [-0.1, -0.05) is 43.0 Å². The summed E-state index contributed by atoms with van der Waals surface area (Å²) in [5.41, 5.74) is 1.50. The number of nitrogens with one attached hydrogen (secondary N) is 2. The zero-order chi connectivity index (χ0) is 21.7. The normalized spacial score (nSPS) is 20.9. The maximum absolute atomic E-state index is 6.15. The number of nitrogens with zero attached hydrogens (tertiary/aromatic N) is 4. The summed E-state index contributed by atoms with van der Waals surface area (Å²) < 4.78 is 7.17. The van der Waals surface area contributed by atoms with Crippen molar-refractivity contribution in [3.8, 4) is 0 Å². The number of rotatable bonds is 6. The number of hydrogen-bond donors (Lipinski definition) is 2. The van der Waals surface area contributed by atoms with Gasteiger partial charge < -0.3 is 15.4 Å². The van der Waals surface area contributed by atoms with Gasteiger partial charge >= 0.3 is 0 Å². The van der Waals surface area contributed by atoms with Gasteiger partial charge in [-0.3, -0.25) is 4.99 Å². The fourth-order valence-corrected chi connectivity index (χ4v) is 5.04. The number of aryl methyl sites for hydroxylation is 1. The third kappa shape index (κ3) is 5.21. The van der Waals surface area contributed by atoms with Crippen LogP contribution >= 0.6 is 11.6 Å². The molecule has 1 aliphatic heterocycles. The molecule has 168 valence electrons. The molecule has 2 aliphatic rings. The Kier molecular flexibility index (Phi) is 7.13. The summed E-state index contributed by atoms with van der Waals surface area (Å²) in [5.74, 6) is 2.64. The summed E-state index contributed by atoms with van der Waals surface area (Å²) in [5, 5.41) is 12.6. The van der Waals surface area contributed by atoms with Crippen molar-refractivity contribution in [2.24, 2.45) is 4.99 Å². The maximum Gasteiger partial charge on any atom is 0.191 e. The molecular formula is C23H33ClN6O. The predicted molar refractivity (Wildman–Crippen MR) is 124 cm³/mol. The molecule has 2 heterocycles. The molecule has 4 rings (SSSR count). The first-order chi connectivity index (χ1) is 15.1. The zero-order valence-corrected chi connectivity index (χ0v) is 19.3. The standard InChI is InChI=1S/C23H33ClN6O/c1-25-22(27-19-10-11-21-28-20(15-31-2)29-30(21)14-19)26-16-23(12-4-3-5-13-23)17-6-8-18(24)9-7-17/h6-9,19H,3-5,10-16H2,1-2H3,(H2,25,26,27). The van der Waals surface area contributed by atoms with E-state index in [9.17, 15) is 0 Å². The van der Waals surface area contributed by atoms with E-state index in [2.05, 4.69) is 37.8 Å². The molecule has 1 atom stereocenters. The first kappa shape index (κ1) is 22.1. The van der Waals surface area contributed by atoms with Crippen molar-refractivity contribution >= 4 is 17.6 Å². The monoisotopic (exact) mass is 444 g/mol. The predicted octanol–water partition coefficient (Wildman–Crippen LogP) is 3.46. The summed E-state index contributed by atoms with van der Waals surface area (Å²) in [6, 6.07) is 8.67. The van der Waals surface area contributed by atoms with Crippen LogP contribution in [0.5, 0.6) is 0 Å².